The van der Waals surface area contributed by atoms with Gasteiger partial charge in [0, 0.05) is 9.49 Å². The zero-order chi connectivity index (χ0) is 13.0. The average molecular weight is 351 g/mol. The second-order valence-electron chi connectivity index (χ2n) is 4.62. The van der Waals surface area contributed by atoms with E-state index in [1.165, 1.54) is 20.3 Å². The molecule has 2 N–H and O–H groups in total. The van der Waals surface area contributed by atoms with Crippen LogP contribution in [0.3, 0.4) is 0 Å². The van der Waals surface area contributed by atoms with Crippen LogP contribution in [0.1, 0.15) is 22.6 Å². The van der Waals surface area contributed by atoms with E-state index in [-0.39, 0.29) is 0 Å². The van der Waals surface area contributed by atoms with Crippen molar-refractivity contribution in [2.45, 2.75) is 19.3 Å². The summed E-state index contributed by atoms with van der Waals surface area (Å²) in [5, 5.41) is 0. The van der Waals surface area contributed by atoms with Crippen molar-refractivity contribution in [3.63, 3.8) is 0 Å². The quantitative estimate of drug-likeness (QED) is 0.832. The first-order chi connectivity index (χ1) is 8.70. The lowest BCUT2D eigenvalue weighted by atomic mass is 9.89. The summed E-state index contributed by atoms with van der Waals surface area (Å²) in [4.78, 5) is 0. The van der Waals surface area contributed by atoms with Crippen molar-refractivity contribution >= 4 is 22.6 Å². The Labute approximate surface area is 123 Å². The lowest BCUT2D eigenvalue weighted by Crippen LogP contribution is -2.16. The second kappa shape index (κ2) is 6.34. The lowest BCUT2D eigenvalue weighted by Gasteiger charge is -2.17. The Morgan fingerprint density at radius 1 is 1.06 bits per heavy atom. The molecule has 2 rings (SSSR count). The minimum absolute atomic E-state index is 0.409. The van der Waals surface area contributed by atoms with E-state index in [0.717, 1.165) is 6.42 Å². The van der Waals surface area contributed by atoms with Crippen molar-refractivity contribution in [3.05, 3.63) is 68.8 Å². The monoisotopic (exact) mass is 351 g/mol. The molecule has 2 aromatic rings. The fourth-order valence-corrected chi connectivity index (χ4v) is 2.63. The van der Waals surface area contributed by atoms with E-state index in [0.29, 0.717) is 12.5 Å². The van der Waals surface area contributed by atoms with E-state index >= 15 is 0 Å². The molecule has 2 aromatic carbocycles. The number of nitrogens with two attached hydrogens (primary N) is 1. The third-order valence-electron chi connectivity index (χ3n) is 3.31. The Kier molecular flexibility index (Phi) is 4.78. The normalized spacial score (nSPS) is 12.4. The molecule has 94 valence electrons. The third kappa shape index (κ3) is 3.33. The number of rotatable bonds is 4. The first-order valence-corrected chi connectivity index (χ1v) is 7.28. The average Bonchev–Trinajstić information content (AvgIpc) is 2.39. The molecule has 1 unspecified atom stereocenters. The van der Waals surface area contributed by atoms with Crippen molar-refractivity contribution < 1.29 is 0 Å². The maximum atomic E-state index is 5.95. The van der Waals surface area contributed by atoms with Crippen LogP contribution in [0, 0.1) is 10.5 Å². The molecular weight excluding hydrogens is 333 g/mol. The van der Waals surface area contributed by atoms with Crippen LogP contribution in [-0.2, 0) is 6.42 Å². The SMILES string of the molecule is Cc1ccccc1C(CN)Cc1ccc(I)cc1. The Hall–Kier alpha value is -0.870. The summed E-state index contributed by atoms with van der Waals surface area (Å²) in [5.41, 5.74) is 10.0. The van der Waals surface area contributed by atoms with Crippen molar-refractivity contribution in [1.29, 1.82) is 0 Å². The number of hydrogen-bond donors (Lipinski definition) is 1. The summed E-state index contributed by atoms with van der Waals surface area (Å²) >= 11 is 2.33. The molecule has 0 heterocycles. The second-order valence-corrected chi connectivity index (χ2v) is 5.87. The largest absolute Gasteiger partial charge is 0.330 e. The highest BCUT2D eigenvalue weighted by atomic mass is 127. The molecule has 0 amide bonds. The first kappa shape index (κ1) is 13.6. The zero-order valence-corrected chi connectivity index (χ0v) is 12.7. The van der Waals surface area contributed by atoms with E-state index in [1.807, 2.05) is 0 Å². The van der Waals surface area contributed by atoms with Crippen LogP contribution >= 0.6 is 22.6 Å². The molecule has 18 heavy (non-hydrogen) atoms. The molecule has 0 spiro atoms. The maximum Gasteiger partial charge on any atom is 0.0130 e. The summed E-state index contributed by atoms with van der Waals surface area (Å²) in [7, 11) is 0. The van der Waals surface area contributed by atoms with Gasteiger partial charge in [0.2, 0.25) is 0 Å². The lowest BCUT2D eigenvalue weighted by molar-refractivity contribution is 0.690. The first-order valence-electron chi connectivity index (χ1n) is 6.20. The molecule has 0 aliphatic rings. The van der Waals surface area contributed by atoms with Gasteiger partial charge in [-0.25, -0.2) is 0 Å². The molecule has 0 aliphatic heterocycles. The summed E-state index contributed by atoms with van der Waals surface area (Å²) in [6.45, 7) is 2.85. The van der Waals surface area contributed by atoms with Gasteiger partial charge in [-0.2, -0.15) is 0 Å². The van der Waals surface area contributed by atoms with Gasteiger partial charge in [0.05, 0.1) is 0 Å². The molecule has 0 saturated carbocycles. The van der Waals surface area contributed by atoms with Crippen LogP contribution in [0.25, 0.3) is 0 Å². The van der Waals surface area contributed by atoms with Gasteiger partial charge in [-0.3, -0.25) is 0 Å². The Morgan fingerprint density at radius 2 is 1.72 bits per heavy atom. The Bertz CT molecular complexity index is 505. The summed E-state index contributed by atoms with van der Waals surface area (Å²) in [6, 6.07) is 17.2. The van der Waals surface area contributed by atoms with E-state index in [9.17, 15) is 0 Å². The van der Waals surface area contributed by atoms with Gasteiger partial charge in [0.15, 0.2) is 0 Å². The third-order valence-corrected chi connectivity index (χ3v) is 4.03. The Balaban J connectivity index is 2.20. The van der Waals surface area contributed by atoms with Crippen LogP contribution < -0.4 is 5.73 Å². The highest BCUT2D eigenvalue weighted by molar-refractivity contribution is 14.1. The van der Waals surface area contributed by atoms with Gasteiger partial charge < -0.3 is 5.73 Å². The molecule has 2 heteroatoms. The van der Waals surface area contributed by atoms with Gasteiger partial charge in [0.25, 0.3) is 0 Å². The zero-order valence-electron chi connectivity index (χ0n) is 10.6. The van der Waals surface area contributed by atoms with E-state index in [4.69, 9.17) is 5.73 Å². The standard InChI is InChI=1S/C16H18IN/c1-12-4-2-3-5-16(12)14(11-18)10-13-6-8-15(17)9-7-13/h2-9,14H,10-11,18H2,1H3. The highest BCUT2D eigenvalue weighted by Crippen LogP contribution is 2.23. The maximum absolute atomic E-state index is 5.95. The van der Waals surface area contributed by atoms with Gasteiger partial charge in [-0.15, -0.1) is 0 Å². The summed E-state index contributed by atoms with van der Waals surface area (Å²) in [6.07, 6.45) is 1.01. The van der Waals surface area contributed by atoms with Crippen LogP contribution in [0.2, 0.25) is 0 Å². The molecule has 0 saturated heterocycles. The predicted octanol–water partition coefficient (Wildman–Crippen LogP) is 3.88. The van der Waals surface area contributed by atoms with E-state index in [2.05, 4.69) is 78.0 Å². The fraction of sp³-hybridized carbons (Fsp3) is 0.250. The van der Waals surface area contributed by atoms with Gasteiger partial charge >= 0.3 is 0 Å². The minimum Gasteiger partial charge on any atom is -0.330 e. The van der Waals surface area contributed by atoms with Crippen LogP contribution in [0.15, 0.2) is 48.5 Å². The summed E-state index contributed by atoms with van der Waals surface area (Å²) < 4.78 is 1.27. The van der Waals surface area contributed by atoms with Crippen molar-refractivity contribution in [1.82, 2.24) is 0 Å². The Morgan fingerprint density at radius 3 is 2.33 bits per heavy atom. The smallest absolute Gasteiger partial charge is 0.0130 e. The van der Waals surface area contributed by atoms with Crippen LogP contribution in [-0.4, -0.2) is 6.54 Å². The number of hydrogen-bond acceptors (Lipinski definition) is 1. The van der Waals surface area contributed by atoms with Gasteiger partial charge in [-0.1, -0.05) is 36.4 Å². The molecule has 0 bridgehead atoms. The fourth-order valence-electron chi connectivity index (χ4n) is 2.27. The van der Waals surface area contributed by atoms with Crippen LogP contribution in [0.4, 0.5) is 0 Å². The predicted molar refractivity (Wildman–Crippen MR) is 85.8 cm³/mol. The van der Waals surface area contributed by atoms with Crippen molar-refractivity contribution in [3.8, 4) is 0 Å². The highest BCUT2D eigenvalue weighted by Gasteiger charge is 2.12. The molecule has 0 fully saturated rings. The molecular formula is C16H18IN. The molecule has 1 atom stereocenters. The summed E-state index contributed by atoms with van der Waals surface area (Å²) in [5.74, 6) is 0.409. The van der Waals surface area contributed by atoms with Crippen molar-refractivity contribution in [2.24, 2.45) is 5.73 Å². The minimum atomic E-state index is 0.409. The number of halogens is 1. The molecule has 1 nitrogen and oxygen atoms in total. The molecule has 0 radical (unpaired) electrons. The van der Waals surface area contributed by atoms with Gasteiger partial charge in [0.1, 0.15) is 0 Å². The molecule has 0 aromatic heterocycles. The number of aryl methyl sites for hydroxylation is 1. The van der Waals surface area contributed by atoms with Gasteiger partial charge in [-0.05, 0) is 71.3 Å². The topological polar surface area (TPSA) is 26.0 Å². The van der Waals surface area contributed by atoms with Crippen molar-refractivity contribution in [2.75, 3.05) is 6.54 Å². The van der Waals surface area contributed by atoms with E-state index < -0.39 is 0 Å². The van der Waals surface area contributed by atoms with Crippen LogP contribution in [0.5, 0.6) is 0 Å². The molecule has 0 aliphatic carbocycles. The number of benzene rings is 2. The van der Waals surface area contributed by atoms with E-state index in [1.54, 1.807) is 0 Å².